The van der Waals surface area contributed by atoms with E-state index in [1.165, 1.54) is 7.11 Å². The van der Waals surface area contributed by atoms with E-state index in [-0.39, 0.29) is 12.4 Å². The van der Waals surface area contributed by atoms with Crippen molar-refractivity contribution in [2.75, 3.05) is 7.11 Å². The third-order valence-corrected chi connectivity index (χ3v) is 3.63. The van der Waals surface area contributed by atoms with Crippen molar-refractivity contribution in [3.63, 3.8) is 0 Å². The first-order chi connectivity index (χ1) is 11.2. The van der Waals surface area contributed by atoms with Crippen LogP contribution in [0.2, 0.25) is 5.02 Å². The molecule has 0 fully saturated rings. The van der Waals surface area contributed by atoms with Crippen LogP contribution in [0.1, 0.15) is 5.69 Å². The number of pyridine rings is 1. The minimum atomic E-state index is -0.350. The molecule has 0 radical (unpaired) electrons. The maximum Gasteiger partial charge on any atom is 0.311 e. The van der Waals surface area contributed by atoms with E-state index in [0.717, 1.165) is 11.1 Å². The summed E-state index contributed by atoms with van der Waals surface area (Å²) >= 11 is 6.32. The van der Waals surface area contributed by atoms with Gasteiger partial charge < -0.3 is 9.47 Å². The molecule has 116 valence electrons. The Morgan fingerprint density at radius 1 is 1.09 bits per heavy atom. The molecule has 3 rings (SSSR count). The van der Waals surface area contributed by atoms with Crippen molar-refractivity contribution < 1.29 is 14.3 Å². The summed E-state index contributed by atoms with van der Waals surface area (Å²) in [4.78, 5) is 15.8. The van der Waals surface area contributed by atoms with E-state index < -0.39 is 0 Å². The van der Waals surface area contributed by atoms with Gasteiger partial charge in [-0.2, -0.15) is 0 Å². The fourth-order valence-electron chi connectivity index (χ4n) is 2.21. The first kappa shape index (κ1) is 15.3. The molecule has 0 bridgehead atoms. The highest BCUT2D eigenvalue weighted by Crippen LogP contribution is 2.29. The first-order valence-corrected chi connectivity index (χ1v) is 7.42. The van der Waals surface area contributed by atoms with Crippen LogP contribution in [0.5, 0.6) is 11.5 Å². The molecule has 0 saturated heterocycles. The molecule has 23 heavy (non-hydrogen) atoms. The Morgan fingerprint density at radius 3 is 2.61 bits per heavy atom. The maximum absolute atomic E-state index is 11.4. The number of benzene rings is 2. The van der Waals surface area contributed by atoms with E-state index in [1.54, 1.807) is 6.07 Å². The number of rotatable bonds is 4. The summed E-state index contributed by atoms with van der Waals surface area (Å²) in [5.41, 5.74) is 1.28. The molecule has 0 N–H and O–H groups in total. The lowest BCUT2D eigenvalue weighted by Crippen LogP contribution is -2.06. The lowest BCUT2D eigenvalue weighted by Gasteiger charge is -2.08. The number of para-hydroxylation sites is 1. The smallest absolute Gasteiger partial charge is 0.311 e. The molecule has 0 spiro atoms. The largest absolute Gasteiger partial charge is 0.469 e. The Labute approximate surface area is 138 Å². The van der Waals surface area contributed by atoms with Gasteiger partial charge in [0, 0.05) is 5.39 Å². The molecule has 1 aromatic heterocycles. The fourth-order valence-corrected chi connectivity index (χ4v) is 2.49. The number of hydrogen-bond donors (Lipinski definition) is 0. The second-order valence-corrected chi connectivity index (χ2v) is 5.35. The number of esters is 1. The van der Waals surface area contributed by atoms with Crippen LogP contribution in [-0.2, 0) is 16.0 Å². The van der Waals surface area contributed by atoms with Gasteiger partial charge in [0.15, 0.2) is 0 Å². The zero-order chi connectivity index (χ0) is 16.2. The van der Waals surface area contributed by atoms with E-state index in [9.17, 15) is 4.79 Å². The Balaban J connectivity index is 1.92. The quantitative estimate of drug-likeness (QED) is 0.666. The second kappa shape index (κ2) is 6.67. The van der Waals surface area contributed by atoms with Gasteiger partial charge in [0.1, 0.15) is 11.5 Å². The van der Waals surface area contributed by atoms with E-state index in [2.05, 4.69) is 9.72 Å². The van der Waals surface area contributed by atoms with E-state index >= 15 is 0 Å². The summed E-state index contributed by atoms with van der Waals surface area (Å²) in [6.45, 7) is 0. The summed E-state index contributed by atoms with van der Waals surface area (Å²) in [5, 5.41) is 1.29. The predicted molar refractivity (Wildman–Crippen MR) is 89.0 cm³/mol. The maximum atomic E-state index is 11.4. The molecule has 0 atom stereocenters. The van der Waals surface area contributed by atoms with E-state index in [4.69, 9.17) is 16.3 Å². The highest BCUT2D eigenvalue weighted by atomic mass is 35.5. The number of nitrogens with zero attached hydrogens (tertiary/aromatic N) is 1. The number of fused-ring (bicyclic) bond motifs is 1. The van der Waals surface area contributed by atoms with Gasteiger partial charge in [-0.1, -0.05) is 29.8 Å². The van der Waals surface area contributed by atoms with Crippen molar-refractivity contribution in [3.05, 3.63) is 65.3 Å². The molecule has 1 heterocycles. The van der Waals surface area contributed by atoms with Crippen molar-refractivity contribution >= 4 is 28.5 Å². The molecule has 3 aromatic rings. The van der Waals surface area contributed by atoms with Crippen LogP contribution in [0.4, 0.5) is 0 Å². The minimum absolute atomic E-state index is 0.0917. The summed E-state index contributed by atoms with van der Waals surface area (Å²) in [6, 6.07) is 16.6. The predicted octanol–water partition coefficient (Wildman–Crippen LogP) is 4.40. The van der Waals surface area contributed by atoms with Crippen molar-refractivity contribution in [1.82, 2.24) is 4.98 Å². The van der Waals surface area contributed by atoms with Crippen molar-refractivity contribution in [1.29, 1.82) is 0 Å². The SMILES string of the molecule is COC(=O)Cc1cc(Cl)c2cc(Oc3ccccc3)ccc2n1. The third kappa shape index (κ3) is 3.60. The lowest BCUT2D eigenvalue weighted by atomic mass is 10.1. The molecule has 0 unspecified atom stereocenters. The van der Waals surface area contributed by atoms with Crippen LogP contribution in [0.15, 0.2) is 54.6 Å². The number of carbonyl (C=O) groups is 1. The number of hydrogen-bond acceptors (Lipinski definition) is 4. The molecule has 2 aromatic carbocycles. The Morgan fingerprint density at radius 2 is 1.87 bits per heavy atom. The molecule has 5 heteroatoms. The monoisotopic (exact) mass is 327 g/mol. The Hall–Kier alpha value is -2.59. The van der Waals surface area contributed by atoms with Crippen LogP contribution in [0.3, 0.4) is 0 Å². The fraction of sp³-hybridized carbons (Fsp3) is 0.111. The highest BCUT2D eigenvalue weighted by molar-refractivity contribution is 6.35. The van der Waals surface area contributed by atoms with E-state index in [0.29, 0.717) is 22.0 Å². The molecule has 4 nitrogen and oxygen atoms in total. The number of carbonyl (C=O) groups excluding carboxylic acids is 1. The second-order valence-electron chi connectivity index (χ2n) is 4.94. The zero-order valence-corrected chi connectivity index (χ0v) is 13.2. The van der Waals surface area contributed by atoms with Crippen LogP contribution in [0, 0.1) is 0 Å². The lowest BCUT2D eigenvalue weighted by molar-refractivity contribution is -0.139. The first-order valence-electron chi connectivity index (χ1n) is 7.04. The number of halogens is 1. The summed E-state index contributed by atoms with van der Waals surface area (Å²) in [6.07, 6.45) is 0.0917. The number of ether oxygens (including phenoxy) is 2. The number of methoxy groups -OCH3 is 1. The molecule has 0 aliphatic rings. The average Bonchev–Trinajstić information content (AvgIpc) is 2.56. The van der Waals surface area contributed by atoms with Crippen LogP contribution >= 0.6 is 11.6 Å². The van der Waals surface area contributed by atoms with Gasteiger partial charge in [0.25, 0.3) is 0 Å². The Kier molecular flexibility index (Phi) is 4.44. The van der Waals surface area contributed by atoms with Gasteiger partial charge in [-0.15, -0.1) is 0 Å². The summed E-state index contributed by atoms with van der Waals surface area (Å²) in [5.74, 6) is 1.07. The molecule has 0 aliphatic carbocycles. The standard InChI is InChI=1S/C18H14ClNO3/c1-22-18(21)10-12-9-16(19)15-11-14(7-8-17(15)20-12)23-13-5-3-2-4-6-13/h2-9,11H,10H2,1H3. The van der Waals surface area contributed by atoms with E-state index in [1.807, 2.05) is 48.5 Å². The third-order valence-electron chi connectivity index (χ3n) is 3.31. The van der Waals surface area contributed by atoms with Gasteiger partial charge in [-0.3, -0.25) is 9.78 Å². The molecule has 0 aliphatic heterocycles. The van der Waals surface area contributed by atoms with Crippen LogP contribution in [-0.4, -0.2) is 18.1 Å². The Bertz CT molecular complexity index is 850. The average molecular weight is 328 g/mol. The van der Waals surface area contributed by atoms with Gasteiger partial charge in [0.2, 0.25) is 0 Å². The zero-order valence-electron chi connectivity index (χ0n) is 12.5. The van der Waals surface area contributed by atoms with Crippen molar-refractivity contribution in [2.24, 2.45) is 0 Å². The van der Waals surface area contributed by atoms with Crippen molar-refractivity contribution in [3.8, 4) is 11.5 Å². The van der Waals surface area contributed by atoms with Gasteiger partial charge >= 0.3 is 5.97 Å². The van der Waals surface area contributed by atoms with Gasteiger partial charge in [-0.25, -0.2) is 0 Å². The molecular formula is C18H14ClNO3. The topological polar surface area (TPSA) is 48.4 Å². The summed E-state index contributed by atoms with van der Waals surface area (Å²) in [7, 11) is 1.35. The molecular weight excluding hydrogens is 314 g/mol. The van der Waals surface area contributed by atoms with Gasteiger partial charge in [-0.05, 0) is 36.4 Å². The number of aromatic nitrogens is 1. The molecule has 0 saturated carbocycles. The highest BCUT2D eigenvalue weighted by Gasteiger charge is 2.10. The summed E-state index contributed by atoms with van der Waals surface area (Å²) < 4.78 is 10.4. The minimum Gasteiger partial charge on any atom is -0.469 e. The van der Waals surface area contributed by atoms with Crippen LogP contribution in [0.25, 0.3) is 10.9 Å². The van der Waals surface area contributed by atoms with Crippen molar-refractivity contribution in [2.45, 2.75) is 6.42 Å². The normalized spacial score (nSPS) is 10.5. The van der Waals surface area contributed by atoms with Crippen LogP contribution < -0.4 is 4.74 Å². The molecule has 0 amide bonds. The van der Waals surface area contributed by atoms with Gasteiger partial charge in [0.05, 0.1) is 29.8 Å².